The maximum absolute atomic E-state index is 4.54. The molecule has 0 bridgehead atoms. The molecular formula is C19H17N3. The van der Waals surface area contributed by atoms with Crippen molar-refractivity contribution in [2.24, 2.45) is 0 Å². The third kappa shape index (κ3) is 2.42. The van der Waals surface area contributed by atoms with Crippen LogP contribution < -0.4 is 4.90 Å². The van der Waals surface area contributed by atoms with Crippen molar-refractivity contribution in [2.75, 3.05) is 11.4 Å². The first-order valence-corrected chi connectivity index (χ1v) is 7.50. The lowest BCUT2D eigenvalue weighted by Gasteiger charge is -2.27. The highest BCUT2D eigenvalue weighted by molar-refractivity contribution is 5.71. The molecule has 0 unspecified atom stereocenters. The number of H-pyrrole nitrogens is 1. The van der Waals surface area contributed by atoms with Crippen molar-refractivity contribution in [3.63, 3.8) is 0 Å². The molecule has 3 aromatic rings. The zero-order valence-corrected chi connectivity index (χ0v) is 12.2. The lowest BCUT2D eigenvalue weighted by Crippen LogP contribution is -2.25. The Morgan fingerprint density at radius 1 is 1.00 bits per heavy atom. The second-order valence-electron chi connectivity index (χ2n) is 5.45. The molecule has 4 rings (SSSR count). The van der Waals surface area contributed by atoms with Gasteiger partial charge in [0, 0.05) is 12.2 Å². The van der Waals surface area contributed by atoms with E-state index in [1.54, 1.807) is 0 Å². The number of aromatic nitrogens is 2. The summed E-state index contributed by atoms with van der Waals surface area (Å²) in [5, 5.41) is 0. The Balaban J connectivity index is 1.58. The summed E-state index contributed by atoms with van der Waals surface area (Å²) in [5.41, 5.74) is 4.77. The number of hydrogen-bond acceptors (Lipinski definition) is 2. The van der Waals surface area contributed by atoms with Gasteiger partial charge < -0.3 is 9.88 Å². The van der Waals surface area contributed by atoms with E-state index in [0.29, 0.717) is 0 Å². The van der Waals surface area contributed by atoms with Gasteiger partial charge in [0.05, 0.1) is 18.4 Å². The van der Waals surface area contributed by atoms with Crippen molar-refractivity contribution in [2.45, 2.75) is 6.54 Å². The number of benzene rings is 2. The first-order valence-electron chi connectivity index (χ1n) is 7.50. The van der Waals surface area contributed by atoms with Crippen LogP contribution in [-0.4, -0.2) is 16.5 Å². The van der Waals surface area contributed by atoms with E-state index in [1.807, 2.05) is 24.4 Å². The lowest BCUT2D eigenvalue weighted by atomic mass is 10.1. The average molecular weight is 287 g/mol. The SMILES string of the molecule is C1=Cc2ccccc2N(Cc2ncc(-c3ccccc3)[nH]2)C1. The Hall–Kier alpha value is -2.81. The van der Waals surface area contributed by atoms with E-state index in [4.69, 9.17) is 0 Å². The number of para-hydroxylation sites is 1. The minimum absolute atomic E-state index is 0.786. The Labute approximate surface area is 129 Å². The summed E-state index contributed by atoms with van der Waals surface area (Å²) in [6, 6.07) is 18.8. The topological polar surface area (TPSA) is 31.9 Å². The molecule has 0 atom stereocenters. The Bertz CT molecular complexity index is 802. The zero-order valence-electron chi connectivity index (χ0n) is 12.2. The first kappa shape index (κ1) is 12.9. The van der Waals surface area contributed by atoms with Gasteiger partial charge in [-0.1, -0.05) is 60.7 Å². The smallest absolute Gasteiger partial charge is 0.126 e. The fourth-order valence-electron chi connectivity index (χ4n) is 2.86. The van der Waals surface area contributed by atoms with Crippen LogP contribution in [0.15, 0.2) is 66.9 Å². The van der Waals surface area contributed by atoms with Gasteiger partial charge >= 0.3 is 0 Å². The van der Waals surface area contributed by atoms with Crippen LogP contribution in [-0.2, 0) is 6.54 Å². The molecule has 0 saturated heterocycles. The van der Waals surface area contributed by atoms with E-state index in [0.717, 1.165) is 24.6 Å². The molecule has 1 aliphatic heterocycles. The summed E-state index contributed by atoms with van der Waals surface area (Å²) in [4.78, 5) is 10.3. The van der Waals surface area contributed by atoms with E-state index < -0.39 is 0 Å². The standard InChI is InChI=1S/C19H17N3/c1-2-7-15(8-3-1)17-13-20-19(21-17)14-22-12-6-10-16-9-4-5-11-18(16)22/h1-11,13H,12,14H2,(H,20,21). The second-order valence-corrected chi connectivity index (χ2v) is 5.45. The predicted molar refractivity (Wildman–Crippen MR) is 90.5 cm³/mol. The summed E-state index contributed by atoms with van der Waals surface area (Å²) in [5.74, 6) is 0.990. The summed E-state index contributed by atoms with van der Waals surface area (Å²) < 4.78 is 0. The van der Waals surface area contributed by atoms with E-state index in [-0.39, 0.29) is 0 Å². The van der Waals surface area contributed by atoms with Crippen LogP contribution in [0.2, 0.25) is 0 Å². The third-order valence-corrected chi connectivity index (χ3v) is 3.95. The van der Waals surface area contributed by atoms with Crippen LogP contribution >= 0.6 is 0 Å². The molecule has 0 aliphatic carbocycles. The number of hydrogen-bond donors (Lipinski definition) is 1. The van der Waals surface area contributed by atoms with Gasteiger partial charge in [0.15, 0.2) is 0 Å². The fraction of sp³-hybridized carbons (Fsp3) is 0.105. The second kappa shape index (κ2) is 5.53. The molecule has 3 heteroatoms. The van der Waals surface area contributed by atoms with Crippen LogP contribution in [0.25, 0.3) is 17.3 Å². The van der Waals surface area contributed by atoms with Crippen LogP contribution in [0.1, 0.15) is 11.4 Å². The monoisotopic (exact) mass is 287 g/mol. The summed E-state index contributed by atoms with van der Waals surface area (Å²) in [6.07, 6.45) is 6.29. The minimum atomic E-state index is 0.786. The third-order valence-electron chi connectivity index (χ3n) is 3.95. The molecule has 1 aromatic heterocycles. The van der Waals surface area contributed by atoms with Crippen LogP contribution in [0.5, 0.6) is 0 Å². The summed E-state index contributed by atoms with van der Waals surface area (Å²) >= 11 is 0. The molecule has 0 amide bonds. The fourth-order valence-corrected chi connectivity index (χ4v) is 2.86. The molecule has 22 heavy (non-hydrogen) atoms. The van der Waals surface area contributed by atoms with Gasteiger partial charge in [-0.2, -0.15) is 0 Å². The Morgan fingerprint density at radius 3 is 2.73 bits per heavy atom. The van der Waals surface area contributed by atoms with Crippen molar-refractivity contribution in [3.8, 4) is 11.3 Å². The molecule has 0 radical (unpaired) electrons. The molecule has 0 fully saturated rings. The number of nitrogens with one attached hydrogen (secondary N) is 1. The number of rotatable bonds is 3. The van der Waals surface area contributed by atoms with Gasteiger partial charge in [-0.15, -0.1) is 0 Å². The zero-order chi connectivity index (χ0) is 14.8. The molecule has 1 aliphatic rings. The highest BCUT2D eigenvalue weighted by Gasteiger charge is 2.14. The van der Waals surface area contributed by atoms with Gasteiger partial charge in [0.2, 0.25) is 0 Å². The maximum Gasteiger partial charge on any atom is 0.126 e. The molecule has 0 spiro atoms. The summed E-state index contributed by atoms with van der Waals surface area (Å²) in [7, 11) is 0. The number of anilines is 1. The van der Waals surface area contributed by atoms with Crippen LogP contribution in [0.4, 0.5) is 5.69 Å². The van der Waals surface area contributed by atoms with Crippen molar-refractivity contribution in [1.29, 1.82) is 0 Å². The van der Waals surface area contributed by atoms with Gasteiger partial charge in [0.25, 0.3) is 0 Å². The molecule has 2 heterocycles. The highest BCUT2D eigenvalue weighted by atomic mass is 15.2. The molecule has 1 N–H and O–H groups in total. The number of nitrogens with zero attached hydrogens (tertiary/aromatic N) is 2. The van der Waals surface area contributed by atoms with Gasteiger partial charge in [-0.3, -0.25) is 0 Å². The molecule has 2 aromatic carbocycles. The highest BCUT2D eigenvalue weighted by Crippen LogP contribution is 2.26. The average Bonchev–Trinajstić information content (AvgIpc) is 3.05. The number of aromatic amines is 1. The quantitative estimate of drug-likeness (QED) is 0.786. The van der Waals surface area contributed by atoms with Crippen molar-refractivity contribution in [1.82, 2.24) is 9.97 Å². The van der Waals surface area contributed by atoms with Gasteiger partial charge in [-0.05, 0) is 17.2 Å². The molecular weight excluding hydrogens is 270 g/mol. The largest absolute Gasteiger partial charge is 0.360 e. The maximum atomic E-state index is 4.54. The number of fused-ring (bicyclic) bond motifs is 1. The Morgan fingerprint density at radius 2 is 1.82 bits per heavy atom. The minimum Gasteiger partial charge on any atom is -0.360 e. The summed E-state index contributed by atoms with van der Waals surface area (Å²) in [6.45, 7) is 1.70. The molecule has 108 valence electrons. The van der Waals surface area contributed by atoms with Gasteiger partial charge in [0.1, 0.15) is 5.82 Å². The van der Waals surface area contributed by atoms with Crippen LogP contribution in [0, 0.1) is 0 Å². The molecule has 0 saturated carbocycles. The van der Waals surface area contributed by atoms with Gasteiger partial charge in [-0.25, -0.2) is 4.98 Å². The van der Waals surface area contributed by atoms with Crippen LogP contribution in [0.3, 0.4) is 0 Å². The van der Waals surface area contributed by atoms with E-state index in [9.17, 15) is 0 Å². The predicted octanol–water partition coefficient (Wildman–Crippen LogP) is 4.11. The van der Waals surface area contributed by atoms with E-state index in [1.165, 1.54) is 16.8 Å². The van der Waals surface area contributed by atoms with E-state index >= 15 is 0 Å². The Kier molecular flexibility index (Phi) is 3.24. The van der Waals surface area contributed by atoms with Crippen molar-refractivity contribution < 1.29 is 0 Å². The number of imidazole rings is 1. The first-order chi connectivity index (χ1) is 10.9. The molecule has 3 nitrogen and oxygen atoms in total. The lowest BCUT2D eigenvalue weighted by molar-refractivity contribution is 0.815. The van der Waals surface area contributed by atoms with Crippen molar-refractivity contribution >= 4 is 11.8 Å². The normalized spacial score (nSPS) is 13.2. The van der Waals surface area contributed by atoms with Crippen molar-refractivity contribution in [3.05, 3.63) is 78.3 Å². The van der Waals surface area contributed by atoms with E-state index in [2.05, 4.69) is 63.4 Å².